The summed E-state index contributed by atoms with van der Waals surface area (Å²) < 4.78 is 16.3. The van der Waals surface area contributed by atoms with E-state index in [1.807, 2.05) is 18.2 Å². The van der Waals surface area contributed by atoms with Gasteiger partial charge in [0, 0.05) is 6.54 Å². The minimum atomic E-state index is 0.282. The Balaban J connectivity index is 1.53. The van der Waals surface area contributed by atoms with Crippen LogP contribution in [0.3, 0.4) is 0 Å². The van der Waals surface area contributed by atoms with Gasteiger partial charge in [0.05, 0.1) is 0 Å². The molecule has 1 aromatic heterocycles. The number of fused-ring (bicyclic) bond motifs is 1. The van der Waals surface area contributed by atoms with E-state index in [4.69, 9.17) is 14.2 Å². The molecule has 1 aliphatic rings. The highest BCUT2D eigenvalue weighted by molar-refractivity contribution is 7.13. The van der Waals surface area contributed by atoms with Crippen LogP contribution in [0, 0.1) is 0 Å². The van der Waals surface area contributed by atoms with Crippen molar-refractivity contribution < 1.29 is 14.2 Å². The minimum absolute atomic E-state index is 0.282. The molecule has 21 heavy (non-hydrogen) atoms. The van der Waals surface area contributed by atoms with Gasteiger partial charge in [0.2, 0.25) is 6.79 Å². The molecule has 0 atom stereocenters. The van der Waals surface area contributed by atoms with Crippen molar-refractivity contribution >= 4 is 11.3 Å². The molecule has 0 spiro atoms. The van der Waals surface area contributed by atoms with Gasteiger partial charge in [0.1, 0.15) is 11.6 Å². The Morgan fingerprint density at radius 2 is 2.19 bits per heavy atom. The van der Waals surface area contributed by atoms with E-state index in [1.54, 1.807) is 0 Å². The van der Waals surface area contributed by atoms with Crippen molar-refractivity contribution in [2.75, 3.05) is 13.3 Å². The molecule has 112 valence electrons. The molecule has 2 heterocycles. The smallest absolute Gasteiger partial charge is 0.294 e. The molecule has 1 aliphatic heterocycles. The van der Waals surface area contributed by atoms with Crippen molar-refractivity contribution in [2.45, 2.75) is 26.5 Å². The topological polar surface area (TPSA) is 65.5 Å². The SMILES string of the molecule is CCCNCc1nnc(OCc2ccc3c(c2)OCO3)s1. The largest absolute Gasteiger partial charge is 0.464 e. The van der Waals surface area contributed by atoms with Crippen LogP contribution in [0.15, 0.2) is 18.2 Å². The second-order valence-corrected chi connectivity index (χ2v) is 5.64. The number of rotatable bonds is 7. The zero-order chi connectivity index (χ0) is 14.5. The van der Waals surface area contributed by atoms with Crippen LogP contribution < -0.4 is 19.5 Å². The van der Waals surface area contributed by atoms with Crippen molar-refractivity contribution in [1.29, 1.82) is 0 Å². The van der Waals surface area contributed by atoms with E-state index in [0.717, 1.165) is 41.6 Å². The maximum absolute atomic E-state index is 5.66. The van der Waals surface area contributed by atoms with Crippen LogP contribution in [0.1, 0.15) is 23.9 Å². The van der Waals surface area contributed by atoms with Crippen LogP contribution in [-0.2, 0) is 13.2 Å². The maximum atomic E-state index is 5.66. The van der Waals surface area contributed by atoms with Gasteiger partial charge in [-0.05, 0) is 30.7 Å². The third kappa shape index (κ3) is 3.62. The van der Waals surface area contributed by atoms with E-state index >= 15 is 0 Å². The van der Waals surface area contributed by atoms with Crippen LogP contribution >= 0.6 is 11.3 Å². The first-order valence-electron chi connectivity index (χ1n) is 6.89. The number of nitrogens with one attached hydrogen (secondary N) is 1. The van der Waals surface area contributed by atoms with E-state index in [9.17, 15) is 0 Å². The van der Waals surface area contributed by atoms with Crippen LogP contribution in [-0.4, -0.2) is 23.5 Å². The highest BCUT2D eigenvalue weighted by Crippen LogP contribution is 2.32. The molecule has 1 aromatic carbocycles. The van der Waals surface area contributed by atoms with Crippen LogP contribution in [0.5, 0.6) is 16.7 Å². The van der Waals surface area contributed by atoms with Crippen molar-refractivity contribution in [2.24, 2.45) is 0 Å². The molecule has 0 saturated carbocycles. The van der Waals surface area contributed by atoms with Gasteiger partial charge in [-0.3, -0.25) is 0 Å². The fourth-order valence-electron chi connectivity index (χ4n) is 1.92. The summed E-state index contributed by atoms with van der Waals surface area (Å²) in [6, 6.07) is 5.77. The van der Waals surface area contributed by atoms with E-state index in [1.165, 1.54) is 11.3 Å². The summed E-state index contributed by atoms with van der Waals surface area (Å²) in [5, 5.41) is 12.9. The number of aromatic nitrogens is 2. The van der Waals surface area contributed by atoms with Crippen molar-refractivity contribution in [1.82, 2.24) is 15.5 Å². The summed E-state index contributed by atoms with van der Waals surface area (Å²) in [7, 11) is 0. The third-order valence-corrected chi connectivity index (χ3v) is 3.79. The summed E-state index contributed by atoms with van der Waals surface area (Å²) >= 11 is 1.47. The Kier molecular flexibility index (Phi) is 4.52. The molecule has 0 saturated heterocycles. The van der Waals surface area contributed by atoms with Gasteiger partial charge in [-0.25, -0.2) is 0 Å². The molecule has 0 radical (unpaired) electrons. The average Bonchev–Trinajstić information content (AvgIpc) is 3.13. The maximum Gasteiger partial charge on any atom is 0.294 e. The Bertz CT molecular complexity index is 603. The molecule has 0 bridgehead atoms. The van der Waals surface area contributed by atoms with Crippen molar-refractivity contribution in [3.63, 3.8) is 0 Å². The first kappa shape index (κ1) is 14.1. The number of ether oxygens (including phenoxy) is 3. The minimum Gasteiger partial charge on any atom is -0.464 e. The molecular formula is C14H17N3O3S. The highest BCUT2D eigenvalue weighted by atomic mass is 32.1. The molecule has 6 nitrogen and oxygen atoms in total. The Morgan fingerprint density at radius 3 is 3.10 bits per heavy atom. The lowest BCUT2D eigenvalue weighted by molar-refractivity contribution is 0.174. The monoisotopic (exact) mass is 307 g/mol. The Hall–Kier alpha value is -1.86. The zero-order valence-corrected chi connectivity index (χ0v) is 12.6. The first-order valence-corrected chi connectivity index (χ1v) is 7.71. The summed E-state index contributed by atoms with van der Waals surface area (Å²) in [4.78, 5) is 0. The van der Waals surface area contributed by atoms with Gasteiger partial charge >= 0.3 is 0 Å². The summed E-state index contributed by atoms with van der Waals surface area (Å²) in [6.45, 7) is 4.57. The number of nitrogens with zero attached hydrogens (tertiary/aromatic N) is 2. The Morgan fingerprint density at radius 1 is 1.29 bits per heavy atom. The van der Waals surface area contributed by atoms with E-state index in [2.05, 4.69) is 22.4 Å². The van der Waals surface area contributed by atoms with Crippen LogP contribution in [0.25, 0.3) is 0 Å². The van der Waals surface area contributed by atoms with Gasteiger partial charge < -0.3 is 19.5 Å². The number of hydrogen-bond acceptors (Lipinski definition) is 7. The standard InChI is InChI=1S/C14H17N3O3S/c1-2-5-15-7-13-16-17-14(21-13)18-8-10-3-4-11-12(6-10)20-9-19-11/h3-4,6,15H,2,5,7-9H2,1H3. The van der Waals surface area contributed by atoms with Gasteiger partial charge in [0.25, 0.3) is 5.19 Å². The molecule has 0 amide bonds. The molecule has 0 unspecified atom stereocenters. The van der Waals surface area contributed by atoms with Gasteiger partial charge in [-0.1, -0.05) is 29.4 Å². The summed E-state index contributed by atoms with van der Waals surface area (Å²) in [5.74, 6) is 1.54. The second kappa shape index (κ2) is 6.73. The fraction of sp³-hybridized carbons (Fsp3) is 0.429. The van der Waals surface area contributed by atoms with Gasteiger partial charge in [-0.15, -0.1) is 5.10 Å². The van der Waals surface area contributed by atoms with Gasteiger partial charge in [-0.2, -0.15) is 0 Å². The highest BCUT2D eigenvalue weighted by Gasteiger charge is 2.13. The average molecular weight is 307 g/mol. The molecule has 1 N–H and O–H groups in total. The number of hydrogen-bond donors (Lipinski definition) is 1. The lowest BCUT2D eigenvalue weighted by Crippen LogP contribution is -2.13. The van der Waals surface area contributed by atoms with Crippen molar-refractivity contribution in [3.8, 4) is 16.7 Å². The molecule has 7 heteroatoms. The zero-order valence-electron chi connectivity index (χ0n) is 11.8. The lowest BCUT2D eigenvalue weighted by atomic mass is 10.2. The molecular weight excluding hydrogens is 290 g/mol. The normalized spacial score (nSPS) is 12.6. The molecule has 2 aromatic rings. The quantitative estimate of drug-likeness (QED) is 0.792. The van der Waals surface area contributed by atoms with E-state index < -0.39 is 0 Å². The number of benzene rings is 1. The van der Waals surface area contributed by atoms with Crippen LogP contribution in [0.2, 0.25) is 0 Å². The van der Waals surface area contributed by atoms with Crippen molar-refractivity contribution in [3.05, 3.63) is 28.8 Å². The van der Waals surface area contributed by atoms with Crippen LogP contribution in [0.4, 0.5) is 0 Å². The van der Waals surface area contributed by atoms with E-state index in [0.29, 0.717) is 11.8 Å². The second-order valence-electron chi connectivity index (χ2n) is 4.61. The molecule has 3 rings (SSSR count). The summed E-state index contributed by atoms with van der Waals surface area (Å²) in [5.41, 5.74) is 1.01. The predicted molar refractivity (Wildman–Crippen MR) is 78.8 cm³/mol. The molecule has 0 fully saturated rings. The summed E-state index contributed by atoms with van der Waals surface area (Å²) in [6.07, 6.45) is 1.10. The predicted octanol–water partition coefficient (Wildman–Crippen LogP) is 2.35. The molecule has 0 aliphatic carbocycles. The third-order valence-electron chi connectivity index (χ3n) is 2.95. The first-order chi connectivity index (χ1) is 10.3. The van der Waals surface area contributed by atoms with E-state index in [-0.39, 0.29) is 6.79 Å². The van der Waals surface area contributed by atoms with Gasteiger partial charge in [0.15, 0.2) is 11.5 Å². The Labute approximate surface area is 127 Å². The fourth-order valence-corrected chi connectivity index (χ4v) is 2.57. The lowest BCUT2D eigenvalue weighted by Gasteiger charge is -2.03.